The third kappa shape index (κ3) is 3.66. The molecule has 1 unspecified atom stereocenters. The van der Waals surface area contributed by atoms with E-state index in [-0.39, 0.29) is 6.04 Å². The van der Waals surface area contributed by atoms with E-state index >= 15 is 0 Å². The van der Waals surface area contributed by atoms with Crippen molar-refractivity contribution in [1.82, 2.24) is 10.2 Å². The summed E-state index contributed by atoms with van der Waals surface area (Å²) in [6.45, 7) is 7.09. The van der Waals surface area contributed by atoms with Crippen LogP contribution in [0.4, 0.5) is 0 Å². The van der Waals surface area contributed by atoms with Crippen LogP contribution in [0, 0.1) is 0 Å². The van der Waals surface area contributed by atoms with Gasteiger partial charge in [-0.25, -0.2) is 0 Å². The minimum atomic E-state index is 0.142. The van der Waals surface area contributed by atoms with E-state index in [9.17, 15) is 4.79 Å². The van der Waals surface area contributed by atoms with Crippen LogP contribution in [0.1, 0.15) is 39.5 Å². The van der Waals surface area contributed by atoms with E-state index in [1.807, 2.05) is 4.90 Å². The van der Waals surface area contributed by atoms with Crippen LogP contribution in [0.5, 0.6) is 0 Å². The lowest BCUT2D eigenvalue weighted by Gasteiger charge is -2.21. The number of amides is 1. The zero-order valence-corrected chi connectivity index (χ0v) is 9.38. The van der Waals surface area contributed by atoms with Crippen LogP contribution >= 0.6 is 0 Å². The summed E-state index contributed by atoms with van der Waals surface area (Å²) < 4.78 is 0. The zero-order valence-electron chi connectivity index (χ0n) is 9.38. The maximum atomic E-state index is 11.8. The maximum Gasteiger partial charge on any atom is 0.241 e. The molecule has 0 radical (unpaired) electrons. The molecule has 82 valence electrons. The van der Waals surface area contributed by atoms with Crippen molar-refractivity contribution >= 4 is 5.91 Å². The second kappa shape index (κ2) is 6.02. The Morgan fingerprint density at radius 1 is 1.29 bits per heavy atom. The number of unbranched alkanes of at least 4 members (excludes halogenated alkanes) is 2. The van der Waals surface area contributed by atoms with Gasteiger partial charge in [-0.3, -0.25) is 4.79 Å². The van der Waals surface area contributed by atoms with E-state index in [0.29, 0.717) is 5.91 Å². The molecule has 0 spiro atoms. The Hall–Kier alpha value is -0.570. The van der Waals surface area contributed by atoms with Crippen LogP contribution in [0.2, 0.25) is 0 Å². The van der Waals surface area contributed by atoms with Crippen molar-refractivity contribution in [1.29, 1.82) is 0 Å². The van der Waals surface area contributed by atoms with Crippen molar-refractivity contribution in [3.05, 3.63) is 0 Å². The minimum absolute atomic E-state index is 0.142. The molecular formula is C11H22N2O. The van der Waals surface area contributed by atoms with Gasteiger partial charge in [-0.1, -0.05) is 26.7 Å². The van der Waals surface area contributed by atoms with E-state index < -0.39 is 0 Å². The lowest BCUT2D eigenvalue weighted by molar-refractivity contribution is -0.130. The maximum absolute atomic E-state index is 11.8. The lowest BCUT2D eigenvalue weighted by Crippen LogP contribution is -2.36. The molecule has 1 rings (SSSR count). The number of carbonyl (C=O) groups is 1. The molecule has 0 aromatic heterocycles. The number of hydrogen-bond acceptors (Lipinski definition) is 2. The molecule has 1 amide bonds. The van der Waals surface area contributed by atoms with Gasteiger partial charge in [-0.05, 0) is 12.8 Å². The lowest BCUT2D eigenvalue weighted by atomic mass is 10.2. The molecule has 1 atom stereocenters. The topological polar surface area (TPSA) is 42.2 Å². The molecule has 1 fully saturated rings. The predicted octanol–water partition coefficient (Wildman–Crippen LogP) is 1.39. The van der Waals surface area contributed by atoms with Gasteiger partial charge in [0.2, 0.25) is 5.91 Å². The molecule has 3 nitrogen and oxygen atoms in total. The first kappa shape index (κ1) is 11.5. The highest BCUT2D eigenvalue weighted by Gasteiger charge is 2.32. The van der Waals surface area contributed by atoms with E-state index in [2.05, 4.69) is 19.2 Å². The molecule has 0 aromatic rings. The fourth-order valence-electron chi connectivity index (χ4n) is 1.48. The van der Waals surface area contributed by atoms with Crippen molar-refractivity contribution in [3.63, 3.8) is 0 Å². The molecule has 1 aliphatic heterocycles. The number of nitrogens with one attached hydrogen (secondary N) is 1. The highest BCUT2D eigenvalue weighted by atomic mass is 16.2. The Balaban J connectivity index is 2.29. The first-order valence-corrected chi connectivity index (χ1v) is 5.81. The molecule has 1 heterocycles. The highest BCUT2D eigenvalue weighted by Crippen LogP contribution is 2.07. The van der Waals surface area contributed by atoms with Crippen molar-refractivity contribution in [2.75, 3.05) is 19.6 Å². The van der Waals surface area contributed by atoms with Gasteiger partial charge in [0.05, 0.1) is 6.04 Å². The normalized spacial score (nSPS) is 19.4. The largest absolute Gasteiger partial charge is 0.341 e. The smallest absolute Gasteiger partial charge is 0.241 e. The van der Waals surface area contributed by atoms with E-state index in [1.54, 1.807) is 0 Å². The van der Waals surface area contributed by atoms with Gasteiger partial charge in [0.25, 0.3) is 0 Å². The fraction of sp³-hybridized carbons (Fsp3) is 0.909. The van der Waals surface area contributed by atoms with Crippen LogP contribution < -0.4 is 5.32 Å². The molecular weight excluding hydrogens is 176 g/mol. The fourth-order valence-corrected chi connectivity index (χ4v) is 1.48. The number of carbonyl (C=O) groups excluding carboxylic acids is 1. The highest BCUT2D eigenvalue weighted by molar-refractivity contribution is 5.84. The number of rotatable bonds is 7. The van der Waals surface area contributed by atoms with Crippen molar-refractivity contribution < 1.29 is 4.79 Å². The average molecular weight is 198 g/mol. The molecule has 0 bridgehead atoms. The molecule has 3 heteroatoms. The minimum Gasteiger partial charge on any atom is -0.341 e. The van der Waals surface area contributed by atoms with Crippen molar-refractivity contribution in [2.24, 2.45) is 0 Å². The molecule has 0 saturated carbocycles. The predicted molar refractivity (Wildman–Crippen MR) is 58.2 cm³/mol. The van der Waals surface area contributed by atoms with Gasteiger partial charge in [-0.15, -0.1) is 0 Å². The Morgan fingerprint density at radius 3 is 2.14 bits per heavy atom. The van der Waals surface area contributed by atoms with Gasteiger partial charge in [-0.2, -0.15) is 0 Å². The quantitative estimate of drug-likeness (QED) is 0.628. The van der Waals surface area contributed by atoms with Crippen LogP contribution in [-0.2, 0) is 4.79 Å². The molecule has 1 aliphatic rings. The summed E-state index contributed by atoms with van der Waals surface area (Å²) in [6.07, 6.45) is 4.58. The van der Waals surface area contributed by atoms with Crippen LogP contribution in [0.15, 0.2) is 0 Å². The van der Waals surface area contributed by atoms with Gasteiger partial charge >= 0.3 is 0 Å². The SMILES string of the molecule is CCCCN(CCCC)C(=O)C1CN1. The second-order valence-electron chi connectivity index (χ2n) is 3.99. The Morgan fingerprint density at radius 2 is 1.79 bits per heavy atom. The van der Waals surface area contributed by atoms with Crippen LogP contribution in [0.25, 0.3) is 0 Å². The van der Waals surface area contributed by atoms with Gasteiger partial charge < -0.3 is 10.2 Å². The molecule has 14 heavy (non-hydrogen) atoms. The standard InChI is InChI=1S/C11H22N2O/c1-3-5-7-13(8-6-4-2)11(14)10-9-12-10/h10,12H,3-9H2,1-2H3. The summed E-state index contributed by atoms with van der Waals surface area (Å²) in [6, 6.07) is 0.142. The number of hydrogen-bond donors (Lipinski definition) is 1. The van der Waals surface area contributed by atoms with Gasteiger partial charge in [0.15, 0.2) is 0 Å². The second-order valence-corrected chi connectivity index (χ2v) is 3.99. The molecule has 0 aromatic carbocycles. The van der Waals surface area contributed by atoms with Crippen molar-refractivity contribution in [2.45, 2.75) is 45.6 Å². The van der Waals surface area contributed by atoms with Crippen LogP contribution in [-0.4, -0.2) is 36.5 Å². The Labute approximate surface area is 86.9 Å². The Kier molecular flexibility index (Phi) is 4.94. The summed E-state index contributed by atoms with van der Waals surface area (Å²) in [7, 11) is 0. The summed E-state index contributed by atoms with van der Waals surface area (Å²) in [5.74, 6) is 0.312. The molecule has 1 saturated heterocycles. The third-order valence-corrected chi connectivity index (χ3v) is 2.58. The van der Waals surface area contributed by atoms with E-state index in [1.165, 1.54) is 0 Å². The van der Waals surface area contributed by atoms with Crippen LogP contribution in [0.3, 0.4) is 0 Å². The first-order chi connectivity index (χ1) is 6.79. The van der Waals surface area contributed by atoms with Gasteiger partial charge in [0.1, 0.15) is 0 Å². The number of nitrogens with zero attached hydrogens (tertiary/aromatic N) is 1. The van der Waals surface area contributed by atoms with E-state index in [4.69, 9.17) is 0 Å². The van der Waals surface area contributed by atoms with Crippen molar-refractivity contribution in [3.8, 4) is 0 Å². The third-order valence-electron chi connectivity index (χ3n) is 2.58. The molecule has 1 N–H and O–H groups in total. The van der Waals surface area contributed by atoms with E-state index in [0.717, 1.165) is 45.3 Å². The molecule has 0 aliphatic carbocycles. The average Bonchev–Trinajstić information content (AvgIpc) is 3.00. The first-order valence-electron chi connectivity index (χ1n) is 5.81. The zero-order chi connectivity index (χ0) is 10.4. The summed E-state index contributed by atoms with van der Waals surface area (Å²) in [5, 5.41) is 3.08. The monoisotopic (exact) mass is 198 g/mol. The summed E-state index contributed by atoms with van der Waals surface area (Å²) in [5.41, 5.74) is 0. The summed E-state index contributed by atoms with van der Waals surface area (Å²) in [4.78, 5) is 13.8. The van der Waals surface area contributed by atoms with Gasteiger partial charge in [0, 0.05) is 19.6 Å². The summed E-state index contributed by atoms with van der Waals surface area (Å²) >= 11 is 0. The Bertz CT molecular complexity index is 170.